The van der Waals surface area contributed by atoms with E-state index in [-0.39, 0.29) is 0 Å². The summed E-state index contributed by atoms with van der Waals surface area (Å²) in [5, 5.41) is 3.30. The lowest BCUT2D eigenvalue weighted by atomic mass is 10.2. The zero-order valence-electron chi connectivity index (χ0n) is 12.9. The predicted octanol–water partition coefficient (Wildman–Crippen LogP) is 2.89. The van der Waals surface area contributed by atoms with Gasteiger partial charge >= 0.3 is 0 Å². The van der Waals surface area contributed by atoms with Gasteiger partial charge in [0.15, 0.2) is 5.96 Å². The summed E-state index contributed by atoms with van der Waals surface area (Å²) in [6.07, 6.45) is -0.0693. The second-order valence-electron chi connectivity index (χ2n) is 5.21. The summed E-state index contributed by atoms with van der Waals surface area (Å²) in [7, 11) is 0. The molecule has 1 aromatic rings. The SMILES string of the molecule is CCNC(=NCc1cccc(OCC(F)F)c1)N1CCCC1. The highest BCUT2D eigenvalue weighted by atomic mass is 19.3. The van der Waals surface area contributed by atoms with E-state index in [0.717, 1.165) is 31.2 Å². The Balaban J connectivity index is 1.98. The Bertz CT molecular complexity index is 488. The van der Waals surface area contributed by atoms with Gasteiger partial charge in [0, 0.05) is 19.6 Å². The second kappa shape index (κ2) is 8.56. The van der Waals surface area contributed by atoms with Crippen molar-refractivity contribution in [2.24, 2.45) is 4.99 Å². The first-order valence-electron chi connectivity index (χ1n) is 7.72. The number of aliphatic imine (C=N–C) groups is 1. The van der Waals surface area contributed by atoms with Crippen LogP contribution in [0.2, 0.25) is 0 Å². The first-order chi connectivity index (χ1) is 10.7. The summed E-state index contributed by atoms with van der Waals surface area (Å²) >= 11 is 0. The first-order valence-corrected chi connectivity index (χ1v) is 7.72. The third kappa shape index (κ3) is 5.16. The smallest absolute Gasteiger partial charge is 0.272 e. The van der Waals surface area contributed by atoms with E-state index >= 15 is 0 Å². The molecule has 22 heavy (non-hydrogen) atoms. The maximum Gasteiger partial charge on any atom is 0.272 e. The van der Waals surface area contributed by atoms with Gasteiger partial charge in [0.05, 0.1) is 6.54 Å². The van der Waals surface area contributed by atoms with Crippen LogP contribution in [-0.2, 0) is 6.54 Å². The van der Waals surface area contributed by atoms with Gasteiger partial charge < -0.3 is 15.0 Å². The Labute approximate surface area is 130 Å². The summed E-state index contributed by atoms with van der Waals surface area (Å²) < 4.78 is 29.4. The fourth-order valence-electron chi connectivity index (χ4n) is 2.41. The van der Waals surface area contributed by atoms with Crippen LogP contribution >= 0.6 is 0 Å². The van der Waals surface area contributed by atoms with Crippen LogP contribution in [0.25, 0.3) is 0 Å². The standard InChI is InChI=1S/C16H23F2N3O/c1-2-19-16(21-8-3-4-9-21)20-11-13-6-5-7-14(10-13)22-12-15(17)18/h5-7,10,15H,2-4,8-9,11-12H2,1H3,(H,19,20). The number of hydrogen-bond donors (Lipinski definition) is 1. The van der Waals surface area contributed by atoms with Crippen LogP contribution in [0.4, 0.5) is 8.78 Å². The van der Waals surface area contributed by atoms with Crippen LogP contribution < -0.4 is 10.1 Å². The van der Waals surface area contributed by atoms with Crippen LogP contribution in [0, 0.1) is 0 Å². The fourth-order valence-corrected chi connectivity index (χ4v) is 2.41. The van der Waals surface area contributed by atoms with Crippen LogP contribution in [0.5, 0.6) is 5.75 Å². The van der Waals surface area contributed by atoms with Crippen LogP contribution in [0.1, 0.15) is 25.3 Å². The van der Waals surface area contributed by atoms with Crippen molar-refractivity contribution in [3.63, 3.8) is 0 Å². The molecule has 0 spiro atoms. The molecular formula is C16H23F2N3O. The average molecular weight is 311 g/mol. The molecule has 1 N–H and O–H groups in total. The third-order valence-corrected chi connectivity index (χ3v) is 3.43. The van der Waals surface area contributed by atoms with E-state index in [4.69, 9.17) is 4.74 Å². The van der Waals surface area contributed by atoms with E-state index in [1.165, 1.54) is 12.8 Å². The van der Waals surface area contributed by atoms with Gasteiger partial charge in [-0.3, -0.25) is 0 Å². The van der Waals surface area contributed by atoms with Gasteiger partial charge in [0.2, 0.25) is 0 Å². The van der Waals surface area contributed by atoms with Crippen molar-refractivity contribution in [2.45, 2.75) is 32.7 Å². The number of rotatable bonds is 6. The molecule has 4 nitrogen and oxygen atoms in total. The third-order valence-electron chi connectivity index (χ3n) is 3.43. The largest absolute Gasteiger partial charge is 0.488 e. The number of guanidine groups is 1. The molecule has 6 heteroatoms. The van der Waals surface area contributed by atoms with Gasteiger partial charge in [-0.1, -0.05) is 12.1 Å². The van der Waals surface area contributed by atoms with Crippen molar-refractivity contribution in [3.8, 4) is 5.75 Å². The van der Waals surface area contributed by atoms with E-state index in [1.54, 1.807) is 18.2 Å². The highest BCUT2D eigenvalue weighted by molar-refractivity contribution is 5.80. The van der Waals surface area contributed by atoms with E-state index in [1.807, 2.05) is 13.0 Å². The Morgan fingerprint density at radius 2 is 2.14 bits per heavy atom. The molecule has 0 saturated carbocycles. The number of nitrogens with one attached hydrogen (secondary N) is 1. The highest BCUT2D eigenvalue weighted by Gasteiger charge is 2.15. The van der Waals surface area contributed by atoms with Gasteiger partial charge in [-0.25, -0.2) is 13.8 Å². The molecule has 1 heterocycles. The fraction of sp³-hybridized carbons (Fsp3) is 0.562. The molecule has 122 valence electrons. The molecule has 1 aromatic carbocycles. The van der Waals surface area contributed by atoms with Crippen LogP contribution in [-0.4, -0.2) is 43.5 Å². The summed E-state index contributed by atoms with van der Waals surface area (Å²) in [5.41, 5.74) is 0.946. The molecule has 0 atom stereocenters. The minimum Gasteiger partial charge on any atom is -0.488 e. The number of ether oxygens (including phenoxy) is 1. The van der Waals surface area contributed by atoms with Crippen molar-refractivity contribution >= 4 is 5.96 Å². The Hall–Kier alpha value is -1.85. The molecule has 0 bridgehead atoms. The normalized spacial score (nSPS) is 15.5. The molecule has 0 aliphatic carbocycles. The minimum atomic E-state index is -2.46. The quantitative estimate of drug-likeness (QED) is 0.648. The van der Waals surface area contributed by atoms with E-state index < -0.39 is 13.0 Å². The zero-order chi connectivity index (χ0) is 15.8. The average Bonchev–Trinajstić information content (AvgIpc) is 3.04. The van der Waals surface area contributed by atoms with Gasteiger partial charge in [-0.2, -0.15) is 0 Å². The molecule has 2 rings (SSSR count). The summed E-state index contributed by atoms with van der Waals surface area (Å²) in [4.78, 5) is 6.88. The maximum absolute atomic E-state index is 12.2. The van der Waals surface area contributed by atoms with Crippen molar-refractivity contribution in [3.05, 3.63) is 29.8 Å². The van der Waals surface area contributed by atoms with Crippen molar-refractivity contribution in [1.82, 2.24) is 10.2 Å². The lowest BCUT2D eigenvalue weighted by Gasteiger charge is -2.20. The molecular weight excluding hydrogens is 288 g/mol. The maximum atomic E-state index is 12.2. The van der Waals surface area contributed by atoms with Crippen LogP contribution in [0.15, 0.2) is 29.3 Å². The molecule has 0 amide bonds. The lowest BCUT2D eigenvalue weighted by molar-refractivity contribution is 0.0818. The van der Waals surface area contributed by atoms with Gasteiger partial charge in [0.1, 0.15) is 12.4 Å². The summed E-state index contributed by atoms with van der Waals surface area (Å²) in [5.74, 6) is 1.37. The topological polar surface area (TPSA) is 36.9 Å². The zero-order valence-corrected chi connectivity index (χ0v) is 12.9. The van der Waals surface area contributed by atoms with Gasteiger partial charge in [0.25, 0.3) is 6.43 Å². The molecule has 0 radical (unpaired) electrons. The molecule has 1 aliphatic heterocycles. The summed E-state index contributed by atoms with van der Waals surface area (Å²) in [6.45, 7) is 4.86. The number of nitrogens with zero attached hydrogens (tertiary/aromatic N) is 2. The minimum absolute atomic E-state index is 0.458. The number of likely N-dealkylation sites (tertiary alicyclic amines) is 1. The number of benzene rings is 1. The van der Waals surface area contributed by atoms with Gasteiger partial charge in [-0.05, 0) is 37.5 Å². The highest BCUT2D eigenvalue weighted by Crippen LogP contribution is 2.15. The summed E-state index contributed by atoms with van der Waals surface area (Å²) in [6, 6.07) is 7.17. The van der Waals surface area contributed by atoms with E-state index in [2.05, 4.69) is 15.2 Å². The second-order valence-corrected chi connectivity index (χ2v) is 5.21. The Morgan fingerprint density at radius 1 is 1.36 bits per heavy atom. The molecule has 1 aliphatic rings. The predicted molar refractivity (Wildman–Crippen MR) is 83.6 cm³/mol. The lowest BCUT2D eigenvalue weighted by Crippen LogP contribution is -2.39. The Morgan fingerprint density at radius 3 is 2.82 bits per heavy atom. The van der Waals surface area contributed by atoms with E-state index in [9.17, 15) is 8.78 Å². The van der Waals surface area contributed by atoms with Gasteiger partial charge in [-0.15, -0.1) is 0 Å². The molecule has 1 fully saturated rings. The Kier molecular flexibility index (Phi) is 6.43. The van der Waals surface area contributed by atoms with Crippen molar-refractivity contribution in [1.29, 1.82) is 0 Å². The van der Waals surface area contributed by atoms with Crippen LogP contribution in [0.3, 0.4) is 0 Å². The number of halogens is 2. The van der Waals surface area contributed by atoms with Crippen molar-refractivity contribution < 1.29 is 13.5 Å². The molecule has 1 saturated heterocycles. The van der Waals surface area contributed by atoms with Crippen molar-refractivity contribution in [2.75, 3.05) is 26.2 Å². The molecule has 0 aromatic heterocycles. The number of hydrogen-bond acceptors (Lipinski definition) is 2. The van der Waals surface area contributed by atoms with E-state index in [0.29, 0.717) is 12.3 Å². The molecule has 0 unspecified atom stereocenters. The first kappa shape index (κ1) is 16.5. The number of alkyl halides is 2. The monoisotopic (exact) mass is 311 g/mol.